The summed E-state index contributed by atoms with van der Waals surface area (Å²) < 4.78 is 4.65. The van der Waals surface area contributed by atoms with Gasteiger partial charge < -0.3 is 4.74 Å². The number of esters is 1. The molecule has 0 aliphatic carbocycles. The van der Waals surface area contributed by atoms with Crippen molar-refractivity contribution in [2.24, 2.45) is 0 Å². The van der Waals surface area contributed by atoms with Crippen LogP contribution in [-0.4, -0.2) is 35.0 Å². The predicted octanol–water partition coefficient (Wildman–Crippen LogP) is 2.20. The molecule has 0 saturated carbocycles. The van der Waals surface area contributed by atoms with Gasteiger partial charge in [0.05, 0.1) is 24.1 Å². The van der Waals surface area contributed by atoms with Crippen LogP contribution >= 0.6 is 0 Å². The number of ether oxygens (including phenoxy) is 1. The summed E-state index contributed by atoms with van der Waals surface area (Å²) in [5, 5.41) is 0. The summed E-state index contributed by atoms with van der Waals surface area (Å²) in [6, 6.07) is 9.57. The van der Waals surface area contributed by atoms with Crippen LogP contribution in [0.5, 0.6) is 0 Å². The van der Waals surface area contributed by atoms with E-state index in [9.17, 15) is 4.79 Å². The quantitative estimate of drug-likeness (QED) is 0.788. The molecule has 0 atom stereocenters. The molecule has 0 unspecified atom stereocenters. The topological polar surface area (TPSA) is 55.3 Å². The number of aromatic nitrogens is 2. The summed E-state index contributed by atoms with van der Waals surface area (Å²) in [6.07, 6.45) is 1.54. The van der Waals surface area contributed by atoms with Crippen molar-refractivity contribution in [2.45, 2.75) is 20.0 Å². The third-order valence-corrected chi connectivity index (χ3v) is 3.06. The van der Waals surface area contributed by atoms with Crippen LogP contribution in [-0.2, 0) is 17.8 Å². The number of rotatable bonds is 5. The molecule has 2 heterocycles. The zero-order chi connectivity index (χ0) is 15.2. The zero-order valence-corrected chi connectivity index (χ0v) is 12.5. The van der Waals surface area contributed by atoms with Crippen molar-refractivity contribution in [1.29, 1.82) is 0 Å². The molecule has 2 aromatic heterocycles. The maximum atomic E-state index is 11.3. The van der Waals surface area contributed by atoms with Crippen LogP contribution in [0.15, 0.2) is 36.5 Å². The largest absolute Gasteiger partial charge is 0.465 e. The van der Waals surface area contributed by atoms with E-state index in [0.29, 0.717) is 12.1 Å². The Kier molecular flexibility index (Phi) is 5.00. The third kappa shape index (κ3) is 4.36. The highest BCUT2D eigenvalue weighted by atomic mass is 16.5. The van der Waals surface area contributed by atoms with Gasteiger partial charge in [-0.15, -0.1) is 0 Å². The van der Waals surface area contributed by atoms with Gasteiger partial charge in [-0.2, -0.15) is 0 Å². The standard InChI is InChI=1S/C16H19N3O2/c1-12-5-4-6-15(18-12)11-19(2)10-14-8-7-13(9-17-14)16(20)21-3/h4-9H,10-11H2,1-3H3. The molecule has 2 aromatic rings. The number of carbonyl (C=O) groups excluding carboxylic acids is 1. The summed E-state index contributed by atoms with van der Waals surface area (Å²) in [6.45, 7) is 3.43. The first-order valence-corrected chi connectivity index (χ1v) is 6.73. The van der Waals surface area contributed by atoms with Gasteiger partial charge in [-0.1, -0.05) is 6.07 Å². The van der Waals surface area contributed by atoms with E-state index < -0.39 is 0 Å². The lowest BCUT2D eigenvalue weighted by atomic mass is 10.2. The summed E-state index contributed by atoms with van der Waals surface area (Å²) in [5.74, 6) is -0.369. The number of hydrogen-bond acceptors (Lipinski definition) is 5. The molecule has 0 fully saturated rings. The van der Waals surface area contributed by atoms with Gasteiger partial charge in [0.2, 0.25) is 0 Å². The van der Waals surface area contributed by atoms with E-state index in [1.807, 2.05) is 38.2 Å². The molecule has 0 spiro atoms. The Bertz CT molecular complexity index is 611. The van der Waals surface area contributed by atoms with Crippen molar-refractivity contribution in [2.75, 3.05) is 14.2 Å². The highest BCUT2D eigenvalue weighted by molar-refractivity contribution is 5.88. The van der Waals surface area contributed by atoms with Crippen molar-refractivity contribution >= 4 is 5.97 Å². The first-order valence-electron chi connectivity index (χ1n) is 6.73. The highest BCUT2D eigenvalue weighted by Crippen LogP contribution is 2.07. The van der Waals surface area contributed by atoms with Crippen LogP contribution in [0.25, 0.3) is 0 Å². The lowest BCUT2D eigenvalue weighted by Crippen LogP contribution is -2.19. The van der Waals surface area contributed by atoms with Gasteiger partial charge in [-0.05, 0) is 38.2 Å². The molecule has 21 heavy (non-hydrogen) atoms. The fraction of sp³-hybridized carbons (Fsp3) is 0.312. The van der Waals surface area contributed by atoms with Crippen molar-refractivity contribution in [3.63, 3.8) is 0 Å². The van der Waals surface area contributed by atoms with Gasteiger partial charge in [0.15, 0.2) is 0 Å². The number of methoxy groups -OCH3 is 1. The average molecular weight is 285 g/mol. The lowest BCUT2D eigenvalue weighted by molar-refractivity contribution is 0.0600. The van der Waals surface area contributed by atoms with Gasteiger partial charge in [-0.3, -0.25) is 14.9 Å². The molecule has 2 rings (SSSR count). The molecule has 5 nitrogen and oxygen atoms in total. The van der Waals surface area contributed by atoms with Crippen molar-refractivity contribution in [3.8, 4) is 0 Å². The van der Waals surface area contributed by atoms with Gasteiger partial charge >= 0.3 is 5.97 Å². The van der Waals surface area contributed by atoms with E-state index in [2.05, 4.69) is 19.6 Å². The minimum Gasteiger partial charge on any atom is -0.465 e. The van der Waals surface area contributed by atoms with Crippen LogP contribution in [0.4, 0.5) is 0 Å². The molecule has 0 aliphatic heterocycles. The third-order valence-electron chi connectivity index (χ3n) is 3.06. The van der Waals surface area contributed by atoms with Crippen molar-refractivity contribution < 1.29 is 9.53 Å². The average Bonchev–Trinajstić information content (AvgIpc) is 2.47. The van der Waals surface area contributed by atoms with Crippen LogP contribution in [0, 0.1) is 6.92 Å². The Morgan fingerprint density at radius 1 is 1.19 bits per heavy atom. The van der Waals surface area contributed by atoms with E-state index in [1.165, 1.54) is 7.11 Å². The number of aryl methyl sites for hydroxylation is 1. The number of carbonyl (C=O) groups is 1. The minimum atomic E-state index is -0.369. The SMILES string of the molecule is COC(=O)c1ccc(CN(C)Cc2cccc(C)n2)nc1. The first-order chi connectivity index (χ1) is 10.1. The Labute approximate surface area is 124 Å². The molecule has 5 heteroatoms. The second kappa shape index (κ2) is 6.95. The Hall–Kier alpha value is -2.27. The molecule has 0 bridgehead atoms. The van der Waals surface area contributed by atoms with E-state index in [-0.39, 0.29) is 5.97 Å². The molecule has 110 valence electrons. The monoisotopic (exact) mass is 285 g/mol. The zero-order valence-electron chi connectivity index (χ0n) is 12.5. The number of pyridine rings is 2. The fourth-order valence-corrected chi connectivity index (χ4v) is 2.05. The second-order valence-corrected chi connectivity index (χ2v) is 4.97. The minimum absolute atomic E-state index is 0.369. The Morgan fingerprint density at radius 3 is 2.57 bits per heavy atom. The Balaban J connectivity index is 1.96. The van der Waals surface area contributed by atoms with Crippen LogP contribution < -0.4 is 0 Å². The normalized spacial score (nSPS) is 10.7. The number of hydrogen-bond donors (Lipinski definition) is 0. The summed E-state index contributed by atoms with van der Waals surface area (Å²) >= 11 is 0. The highest BCUT2D eigenvalue weighted by Gasteiger charge is 2.07. The molecule has 0 radical (unpaired) electrons. The summed E-state index contributed by atoms with van der Waals surface area (Å²) in [7, 11) is 3.37. The fourth-order valence-electron chi connectivity index (χ4n) is 2.05. The molecular formula is C16H19N3O2. The second-order valence-electron chi connectivity index (χ2n) is 4.97. The maximum absolute atomic E-state index is 11.3. The summed E-state index contributed by atoms with van der Waals surface area (Å²) in [5.41, 5.74) is 3.41. The van der Waals surface area contributed by atoms with Crippen LogP contribution in [0.3, 0.4) is 0 Å². The first kappa shape index (κ1) is 15.1. The van der Waals surface area contributed by atoms with Crippen molar-refractivity contribution in [1.82, 2.24) is 14.9 Å². The molecule has 0 aromatic carbocycles. The molecular weight excluding hydrogens is 266 g/mol. The maximum Gasteiger partial charge on any atom is 0.339 e. The molecule has 0 aliphatic rings. The van der Waals surface area contributed by atoms with Gasteiger partial charge in [-0.25, -0.2) is 4.79 Å². The lowest BCUT2D eigenvalue weighted by Gasteiger charge is -2.16. The molecule has 0 N–H and O–H groups in total. The molecule has 0 amide bonds. The Morgan fingerprint density at radius 2 is 1.95 bits per heavy atom. The van der Waals surface area contributed by atoms with E-state index >= 15 is 0 Å². The van der Waals surface area contributed by atoms with Gasteiger partial charge in [0.25, 0.3) is 0 Å². The van der Waals surface area contributed by atoms with E-state index in [4.69, 9.17) is 0 Å². The van der Waals surface area contributed by atoms with E-state index in [0.717, 1.165) is 23.6 Å². The molecule has 0 saturated heterocycles. The summed E-state index contributed by atoms with van der Waals surface area (Å²) in [4.78, 5) is 22.2. The number of nitrogens with zero attached hydrogens (tertiary/aromatic N) is 3. The van der Waals surface area contributed by atoms with Gasteiger partial charge in [0.1, 0.15) is 0 Å². The van der Waals surface area contributed by atoms with E-state index in [1.54, 1.807) is 12.3 Å². The predicted molar refractivity (Wildman–Crippen MR) is 79.7 cm³/mol. The van der Waals surface area contributed by atoms with Crippen LogP contribution in [0.1, 0.15) is 27.4 Å². The van der Waals surface area contributed by atoms with Crippen molar-refractivity contribution in [3.05, 3.63) is 59.2 Å². The smallest absolute Gasteiger partial charge is 0.339 e. The van der Waals surface area contributed by atoms with Crippen LogP contribution in [0.2, 0.25) is 0 Å². The van der Waals surface area contributed by atoms with Gasteiger partial charge in [0, 0.05) is 25.0 Å².